The van der Waals surface area contributed by atoms with Crippen LogP contribution in [0.25, 0.3) is 5.65 Å². The van der Waals surface area contributed by atoms with Gasteiger partial charge in [0.25, 0.3) is 0 Å². The van der Waals surface area contributed by atoms with E-state index < -0.39 is 0 Å². The number of rotatable bonds is 2. The molecule has 0 aliphatic carbocycles. The first-order valence-corrected chi connectivity index (χ1v) is 4.96. The maximum atomic E-state index is 4.47. The molecule has 0 saturated heterocycles. The van der Waals surface area contributed by atoms with Gasteiger partial charge in [0.15, 0.2) is 5.65 Å². The summed E-state index contributed by atoms with van der Waals surface area (Å²) >= 11 is 0. The van der Waals surface area contributed by atoms with Crippen LogP contribution in [0.15, 0.2) is 18.6 Å². The minimum atomic E-state index is 0.654. The van der Waals surface area contributed by atoms with Crippen LogP contribution in [0.1, 0.15) is 25.2 Å². The van der Waals surface area contributed by atoms with Crippen molar-refractivity contribution in [2.24, 2.45) is 5.92 Å². The molecule has 0 aliphatic heterocycles. The van der Waals surface area contributed by atoms with E-state index in [1.165, 1.54) is 5.69 Å². The van der Waals surface area contributed by atoms with E-state index in [9.17, 15) is 0 Å². The van der Waals surface area contributed by atoms with Crippen molar-refractivity contribution in [3.63, 3.8) is 0 Å². The first kappa shape index (κ1) is 9.19. The van der Waals surface area contributed by atoms with Crippen LogP contribution in [0.4, 0.5) is 0 Å². The zero-order chi connectivity index (χ0) is 10.1. The number of aromatic nitrogens is 3. The Kier molecular flexibility index (Phi) is 2.23. The molecule has 3 nitrogen and oxygen atoms in total. The maximum Gasteiger partial charge on any atom is 0.155 e. The molecule has 0 aliphatic rings. The van der Waals surface area contributed by atoms with E-state index in [2.05, 4.69) is 35.1 Å². The van der Waals surface area contributed by atoms with Gasteiger partial charge in [-0.1, -0.05) is 13.8 Å². The van der Waals surface area contributed by atoms with Gasteiger partial charge in [0.05, 0.1) is 11.9 Å². The molecule has 0 radical (unpaired) electrons. The Morgan fingerprint density at radius 3 is 2.93 bits per heavy atom. The first-order valence-electron chi connectivity index (χ1n) is 4.96. The molecule has 0 bridgehead atoms. The van der Waals surface area contributed by atoms with Crippen LogP contribution in [0.5, 0.6) is 0 Å². The predicted molar refractivity (Wildman–Crippen MR) is 56.3 cm³/mol. The third-order valence-corrected chi connectivity index (χ3v) is 2.33. The Morgan fingerprint density at radius 1 is 1.43 bits per heavy atom. The molecule has 2 aromatic rings. The quantitative estimate of drug-likeness (QED) is 0.725. The average molecular weight is 189 g/mol. The molecule has 74 valence electrons. The van der Waals surface area contributed by atoms with Gasteiger partial charge >= 0.3 is 0 Å². The van der Waals surface area contributed by atoms with Gasteiger partial charge in [-0.15, -0.1) is 0 Å². The molecule has 14 heavy (non-hydrogen) atoms. The van der Waals surface area contributed by atoms with Crippen molar-refractivity contribution in [3.8, 4) is 0 Å². The fraction of sp³-hybridized carbons (Fsp3) is 0.455. The highest BCUT2D eigenvalue weighted by molar-refractivity contribution is 5.40. The van der Waals surface area contributed by atoms with Crippen LogP contribution < -0.4 is 0 Å². The van der Waals surface area contributed by atoms with Gasteiger partial charge < -0.3 is 4.40 Å². The molecular weight excluding hydrogens is 174 g/mol. The van der Waals surface area contributed by atoms with Crippen LogP contribution in [-0.2, 0) is 6.42 Å². The van der Waals surface area contributed by atoms with Gasteiger partial charge in [-0.05, 0) is 19.3 Å². The van der Waals surface area contributed by atoms with Crippen LogP contribution in [0.3, 0.4) is 0 Å². The summed E-state index contributed by atoms with van der Waals surface area (Å²) in [7, 11) is 0. The van der Waals surface area contributed by atoms with Crippen molar-refractivity contribution in [1.82, 2.24) is 14.4 Å². The zero-order valence-electron chi connectivity index (χ0n) is 8.86. The molecular formula is C11H15N3. The molecule has 2 rings (SSSR count). The predicted octanol–water partition coefficient (Wildman–Crippen LogP) is 2.24. The lowest BCUT2D eigenvalue weighted by atomic mass is 10.1. The Balaban J connectivity index is 2.56. The summed E-state index contributed by atoms with van der Waals surface area (Å²) in [5, 5.41) is 0. The monoisotopic (exact) mass is 189 g/mol. The van der Waals surface area contributed by atoms with E-state index >= 15 is 0 Å². The van der Waals surface area contributed by atoms with Crippen molar-refractivity contribution >= 4 is 5.65 Å². The molecule has 0 amide bonds. The highest BCUT2D eigenvalue weighted by Crippen LogP contribution is 2.14. The Bertz CT molecular complexity index is 443. The molecule has 0 N–H and O–H groups in total. The number of nitrogens with zero attached hydrogens (tertiary/aromatic N) is 3. The summed E-state index contributed by atoms with van der Waals surface area (Å²) in [6.45, 7) is 6.50. The molecule has 0 atom stereocenters. The lowest BCUT2D eigenvalue weighted by Crippen LogP contribution is -2.00. The minimum absolute atomic E-state index is 0.654. The van der Waals surface area contributed by atoms with Gasteiger partial charge in [0, 0.05) is 18.1 Å². The second-order valence-electron chi connectivity index (χ2n) is 4.05. The number of imidazole rings is 1. The standard InChI is InChI=1S/C11H15N3/c1-8(2)6-10-9(3)13-11-7-12-4-5-14(10)11/h4-5,7-8H,6H2,1-3H3. The Labute approximate surface area is 83.8 Å². The zero-order valence-corrected chi connectivity index (χ0v) is 8.86. The Hall–Kier alpha value is -1.38. The van der Waals surface area contributed by atoms with E-state index in [0.29, 0.717) is 5.92 Å². The van der Waals surface area contributed by atoms with Crippen LogP contribution >= 0.6 is 0 Å². The minimum Gasteiger partial charge on any atom is -0.301 e. The number of aryl methyl sites for hydroxylation is 1. The molecule has 0 fully saturated rings. The van der Waals surface area contributed by atoms with Crippen molar-refractivity contribution in [2.45, 2.75) is 27.2 Å². The fourth-order valence-corrected chi connectivity index (χ4v) is 1.71. The molecule has 3 heteroatoms. The first-order chi connectivity index (χ1) is 6.68. The maximum absolute atomic E-state index is 4.47. The van der Waals surface area contributed by atoms with Crippen LogP contribution in [0, 0.1) is 12.8 Å². The van der Waals surface area contributed by atoms with E-state index in [4.69, 9.17) is 0 Å². The third kappa shape index (κ3) is 1.50. The summed E-state index contributed by atoms with van der Waals surface area (Å²) < 4.78 is 2.13. The van der Waals surface area contributed by atoms with Crippen molar-refractivity contribution in [2.75, 3.05) is 0 Å². The normalized spacial score (nSPS) is 11.4. The van der Waals surface area contributed by atoms with Gasteiger partial charge in [-0.3, -0.25) is 4.98 Å². The lowest BCUT2D eigenvalue weighted by Gasteiger charge is -2.05. The Morgan fingerprint density at radius 2 is 2.21 bits per heavy atom. The largest absolute Gasteiger partial charge is 0.301 e. The third-order valence-electron chi connectivity index (χ3n) is 2.33. The molecule has 0 unspecified atom stereocenters. The smallest absolute Gasteiger partial charge is 0.155 e. The summed E-state index contributed by atoms with van der Waals surface area (Å²) in [5.74, 6) is 0.654. The van der Waals surface area contributed by atoms with Crippen molar-refractivity contribution in [3.05, 3.63) is 30.0 Å². The number of hydrogen-bond donors (Lipinski definition) is 0. The van der Waals surface area contributed by atoms with Crippen LogP contribution in [-0.4, -0.2) is 14.4 Å². The highest BCUT2D eigenvalue weighted by atomic mass is 15.0. The van der Waals surface area contributed by atoms with Crippen molar-refractivity contribution in [1.29, 1.82) is 0 Å². The van der Waals surface area contributed by atoms with Crippen molar-refractivity contribution < 1.29 is 0 Å². The topological polar surface area (TPSA) is 30.2 Å². The highest BCUT2D eigenvalue weighted by Gasteiger charge is 2.09. The summed E-state index contributed by atoms with van der Waals surface area (Å²) in [6.07, 6.45) is 6.65. The van der Waals surface area contributed by atoms with Gasteiger partial charge in [-0.2, -0.15) is 0 Å². The van der Waals surface area contributed by atoms with E-state index in [1.54, 1.807) is 12.4 Å². The van der Waals surface area contributed by atoms with E-state index in [-0.39, 0.29) is 0 Å². The van der Waals surface area contributed by atoms with Crippen LogP contribution in [0.2, 0.25) is 0 Å². The number of fused-ring (bicyclic) bond motifs is 1. The average Bonchev–Trinajstić information content (AvgIpc) is 2.43. The SMILES string of the molecule is Cc1nc2cnccn2c1CC(C)C. The number of hydrogen-bond acceptors (Lipinski definition) is 2. The summed E-state index contributed by atoms with van der Waals surface area (Å²) in [4.78, 5) is 8.53. The molecule has 0 aromatic carbocycles. The van der Waals surface area contributed by atoms with Gasteiger partial charge in [0.1, 0.15) is 0 Å². The lowest BCUT2D eigenvalue weighted by molar-refractivity contribution is 0.629. The molecule has 0 saturated carbocycles. The van der Waals surface area contributed by atoms with E-state index in [1.807, 2.05) is 6.20 Å². The van der Waals surface area contributed by atoms with E-state index in [0.717, 1.165) is 17.8 Å². The molecule has 2 aromatic heterocycles. The summed E-state index contributed by atoms with van der Waals surface area (Å²) in [6, 6.07) is 0. The molecule has 2 heterocycles. The van der Waals surface area contributed by atoms with Gasteiger partial charge in [-0.25, -0.2) is 4.98 Å². The second-order valence-corrected chi connectivity index (χ2v) is 4.05. The molecule has 0 spiro atoms. The van der Waals surface area contributed by atoms with Gasteiger partial charge in [0.2, 0.25) is 0 Å². The second kappa shape index (κ2) is 3.40. The summed E-state index contributed by atoms with van der Waals surface area (Å²) in [5.41, 5.74) is 3.37. The fourth-order valence-electron chi connectivity index (χ4n) is 1.71.